The van der Waals surface area contributed by atoms with E-state index in [0.717, 1.165) is 21.3 Å². The van der Waals surface area contributed by atoms with Gasteiger partial charge in [-0.1, -0.05) is 0 Å². The van der Waals surface area contributed by atoms with E-state index in [1.165, 1.54) is 0 Å². The zero-order valence-corrected chi connectivity index (χ0v) is 7.27. The van der Waals surface area contributed by atoms with Crippen LogP contribution in [0.2, 0.25) is 0 Å². The van der Waals surface area contributed by atoms with E-state index in [9.17, 15) is 4.79 Å². The van der Waals surface area contributed by atoms with E-state index >= 15 is 0 Å². The second-order valence-electron chi connectivity index (χ2n) is 2.18. The van der Waals surface area contributed by atoms with Crippen LogP contribution in [-0.4, -0.2) is 23.2 Å². The lowest BCUT2D eigenvalue weighted by atomic mass is 10.5. The topological polar surface area (TPSA) is 53.0 Å². The number of carbonyl (C=O) groups excluding carboxylic acids is 1. The molecule has 0 bridgehead atoms. The monoisotopic (exact) mass is 186 g/mol. The Kier molecular flexibility index (Phi) is 1.69. The maximum Gasteiger partial charge on any atom is 0.264 e. The van der Waals surface area contributed by atoms with Crippen LogP contribution in [0.15, 0.2) is 9.81 Å². The van der Waals surface area contributed by atoms with Gasteiger partial charge < -0.3 is 5.32 Å². The van der Waals surface area contributed by atoms with Crippen LogP contribution in [0.4, 0.5) is 0 Å². The molecule has 3 nitrogen and oxygen atoms in total. The molecule has 2 aliphatic rings. The molecule has 0 saturated heterocycles. The molecule has 58 valence electrons. The highest BCUT2D eigenvalue weighted by Crippen LogP contribution is 2.36. The molecule has 0 unspecified atom stereocenters. The third kappa shape index (κ3) is 1.08. The molecular formula is C6H6N2OS2. The van der Waals surface area contributed by atoms with Crippen molar-refractivity contribution >= 4 is 35.3 Å². The molecule has 0 aromatic carbocycles. The minimum Gasteiger partial charge on any atom is -0.306 e. The quantitative estimate of drug-likeness (QED) is 0.588. The second kappa shape index (κ2) is 2.57. The largest absolute Gasteiger partial charge is 0.306 e. The lowest BCUT2D eigenvalue weighted by molar-refractivity contribution is -0.115. The van der Waals surface area contributed by atoms with E-state index in [2.05, 4.69) is 5.32 Å². The van der Waals surface area contributed by atoms with Crippen molar-refractivity contribution in [1.29, 1.82) is 5.41 Å². The van der Waals surface area contributed by atoms with Gasteiger partial charge in [-0.05, 0) is 0 Å². The Hall–Kier alpha value is -0.420. The lowest BCUT2D eigenvalue weighted by Crippen LogP contribution is -2.21. The number of hydrogen-bond donors (Lipinski definition) is 2. The van der Waals surface area contributed by atoms with E-state index in [1.807, 2.05) is 0 Å². The van der Waals surface area contributed by atoms with Crippen molar-refractivity contribution in [3.63, 3.8) is 0 Å². The maximum absolute atomic E-state index is 11.1. The van der Waals surface area contributed by atoms with Gasteiger partial charge in [0.2, 0.25) is 0 Å². The molecule has 11 heavy (non-hydrogen) atoms. The minimum atomic E-state index is -0.0952. The molecular weight excluding hydrogens is 180 g/mol. The van der Waals surface area contributed by atoms with Crippen molar-refractivity contribution in [2.75, 3.05) is 11.5 Å². The summed E-state index contributed by atoms with van der Waals surface area (Å²) in [7, 11) is 0. The third-order valence-electron chi connectivity index (χ3n) is 1.45. The fourth-order valence-corrected chi connectivity index (χ4v) is 3.26. The van der Waals surface area contributed by atoms with E-state index in [0.29, 0.717) is 0 Å². The van der Waals surface area contributed by atoms with Crippen molar-refractivity contribution in [1.82, 2.24) is 5.32 Å². The molecule has 2 aliphatic heterocycles. The molecule has 2 rings (SSSR count). The Labute approximate surface area is 72.5 Å². The highest BCUT2D eigenvalue weighted by Gasteiger charge is 2.30. The normalized spacial score (nSPS) is 23.6. The smallest absolute Gasteiger partial charge is 0.264 e. The molecule has 0 aromatic rings. The van der Waals surface area contributed by atoms with Crippen molar-refractivity contribution in [2.45, 2.75) is 0 Å². The predicted octanol–water partition coefficient (Wildman–Crippen LogP) is 0.785. The van der Waals surface area contributed by atoms with Crippen molar-refractivity contribution < 1.29 is 4.79 Å². The summed E-state index contributed by atoms with van der Waals surface area (Å²) >= 11 is 3.15. The molecule has 0 saturated carbocycles. The molecule has 0 atom stereocenters. The van der Waals surface area contributed by atoms with Gasteiger partial charge in [0, 0.05) is 11.5 Å². The zero-order chi connectivity index (χ0) is 7.84. The van der Waals surface area contributed by atoms with Crippen LogP contribution in [0.3, 0.4) is 0 Å². The van der Waals surface area contributed by atoms with E-state index < -0.39 is 0 Å². The van der Waals surface area contributed by atoms with Crippen LogP contribution in [0, 0.1) is 5.41 Å². The fourth-order valence-electron chi connectivity index (χ4n) is 1.000. The summed E-state index contributed by atoms with van der Waals surface area (Å²) in [5, 5.41) is 9.87. The van der Waals surface area contributed by atoms with Gasteiger partial charge in [-0.3, -0.25) is 10.2 Å². The van der Waals surface area contributed by atoms with E-state index in [-0.39, 0.29) is 11.7 Å². The predicted molar refractivity (Wildman–Crippen MR) is 47.8 cm³/mol. The summed E-state index contributed by atoms with van der Waals surface area (Å²) in [6, 6.07) is 0. The van der Waals surface area contributed by atoms with Gasteiger partial charge in [0.1, 0.15) is 5.84 Å². The maximum atomic E-state index is 11.1. The Morgan fingerprint density at radius 2 is 1.91 bits per heavy atom. The number of rotatable bonds is 0. The summed E-state index contributed by atoms with van der Waals surface area (Å²) in [6.45, 7) is 0. The van der Waals surface area contributed by atoms with Gasteiger partial charge in [0.25, 0.3) is 5.91 Å². The highest BCUT2D eigenvalue weighted by molar-refractivity contribution is 8.11. The zero-order valence-electron chi connectivity index (χ0n) is 5.64. The van der Waals surface area contributed by atoms with Crippen molar-refractivity contribution in [3.05, 3.63) is 9.81 Å². The van der Waals surface area contributed by atoms with Crippen molar-refractivity contribution in [3.8, 4) is 0 Å². The number of amidine groups is 1. The fraction of sp³-hybridized carbons (Fsp3) is 0.333. The van der Waals surface area contributed by atoms with Gasteiger partial charge in [-0.2, -0.15) is 0 Å². The van der Waals surface area contributed by atoms with Crippen LogP contribution in [0.1, 0.15) is 0 Å². The molecule has 1 amide bonds. The Bertz CT molecular complexity index is 246. The first kappa shape index (κ1) is 7.24. The van der Waals surface area contributed by atoms with Gasteiger partial charge in [-0.15, -0.1) is 23.5 Å². The standard InChI is InChI=1S/C6H6N2OS2/c7-5-3-4(6(9)8-5)11-2-1-10-3/h1-2H2,(H2,7,8,9). The number of amides is 1. The van der Waals surface area contributed by atoms with Gasteiger partial charge >= 0.3 is 0 Å². The van der Waals surface area contributed by atoms with Crippen LogP contribution >= 0.6 is 23.5 Å². The molecule has 0 radical (unpaired) electrons. The van der Waals surface area contributed by atoms with Gasteiger partial charge in [0.15, 0.2) is 0 Å². The summed E-state index contributed by atoms with van der Waals surface area (Å²) < 4.78 is 0. The van der Waals surface area contributed by atoms with Crippen LogP contribution in [0.5, 0.6) is 0 Å². The first-order valence-electron chi connectivity index (χ1n) is 3.19. The third-order valence-corrected chi connectivity index (χ3v) is 4.03. The first-order valence-corrected chi connectivity index (χ1v) is 5.16. The lowest BCUT2D eigenvalue weighted by Gasteiger charge is -2.08. The Morgan fingerprint density at radius 1 is 1.27 bits per heavy atom. The Morgan fingerprint density at radius 3 is 2.55 bits per heavy atom. The summed E-state index contributed by atoms with van der Waals surface area (Å²) in [6.07, 6.45) is 0. The van der Waals surface area contributed by atoms with Crippen LogP contribution < -0.4 is 5.32 Å². The summed E-state index contributed by atoms with van der Waals surface area (Å²) in [5.74, 6) is 2.16. The first-order chi connectivity index (χ1) is 5.29. The molecule has 2 N–H and O–H groups in total. The highest BCUT2D eigenvalue weighted by atomic mass is 32.2. The average molecular weight is 186 g/mol. The number of carbonyl (C=O) groups is 1. The molecule has 0 fully saturated rings. The Balaban J connectivity index is 2.40. The molecule has 0 aromatic heterocycles. The van der Waals surface area contributed by atoms with E-state index in [4.69, 9.17) is 5.41 Å². The molecule has 0 spiro atoms. The van der Waals surface area contributed by atoms with Gasteiger partial charge in [0.05, 0.1) is 9.81 Å². The SMILES string of the molecule is N=C1NC(=O)C2=C1SCCS2. The molecule has 5 heteroatoms. The average Bonchev–Trinajstić information content (AvgIpc) is 2.30. The van der Waals surface area contributed by atoms with Crippen molar-refractivity contribution in [2.24, 2.45) is 0 Å². The van der Waals surface area contributed by atoms with Crippen LogP contribution in [-0.2, 0) is 4.79 Å². The number of nitrogens with one attached hydrogen (secondary N) is 2. The molecule has 0 aliphatic carbocycles. The summed E-state index contributed by atoms with van der Waals surface area (Å²) in [5.41, 5.74) is 0. The molecule has 2 heterocycles. The second-order valence-corrected chi connectivity index (χ2v) is 4.39. The van der Waals surface area contributed by atoms with Crippen LogP contribution in [0.25, 0.3) is 0 Å². The number of thioether (sulfide) groups is 2. The summed E-state index contributed by atoms with van der Waals surface area (Å²) in [4.78, 5) is 12.7. The minimum absolute atomic E-state index is 0.0952. The number of hydrogen-bond acceptors (Lipinski definition) is 4. The van der Waals surface area contributed by atoms with E-state index in [1.54, 1.807) is 23.5 Å². The van der Waals surface area contributed by atoms with Gasteiger partial charge in [-0.25, -0.2) is 0 Å².